The minimum atomic E-state index is -0.0557. The first kappa shape index (κ1) is 25.0. The van der Waals surface area contributed by atoms with Crippen LogP contribution < -0.4 is 10.1 Å². The van der Waals surface area contributed by atoms with E-state index in [0.717, 1.165) is 36.9 Å². The third-order valence-electron chi connectivity index (χ3n) is 4.83. The number of benzene rings is 1. The number of nitrogens with one attached hydrogen (secondary N) is 1. The molecule has 0 saturated carbocycles. The zero-order valence-electron chi connectivity index (χ0n) is 18.5. The highest BCUT2D eigenvalue weighted by Crippen LogP contribution is 2.16. The number of hydrogen-bond acceptors (Lipinski definition) is 4. The van der Waals surface area contributed by atoms with E-state index in [1.165, 1.54) is 6.26 Å². The summed E-state index contributed by atoms with van der Waals surface area (Å²) < 4.78 is 11.1. The lowest BCUT2D eigenvalue weighted by Gasteiger charge is -2.36. The van der Waals surface area contributed by atoms with Crippen molar-refractivity contribution in [2.24, 2.45) is 10.9 Å². The molecular formula is C23H33IN4O3. The Labute approximate surface area is 201 Å². The van der Waals surface area contributed by atoms with Gasteiger partial charge in [0, 0.05) is 32.7 Å². The molecular weight excluding hydrogens is 507 g/mol. The predicted molar refractivity (Wildman–Crippen MR) is 133 cm³/mol. The molecule has 0 spiro atoms. The Bertz CT molecular complexity index is 831. The standard InChI is InChI=1S/C23H32N4O3.HI/c1-4-24-23(25-16-19-7-5-8-20(15-19)30-17-18(2)3)27-12-10-26(11-13-27)22(28)21-9-6-14-29-21;/h5-9,14-15,18H,4,10-13,16-17H2,1-3H3,(H,24,25);1H. The summed E-state index contributed by atoms with van der Waals surface area (Å²) in [6.45, 7) is 11.2. The molecule has 1 amide bonds. The zero-order valence-corrected chi connectivity index (χ0v) is 20.9. The largest absolute Gasteiger partial charge is 0.493 e. The molecule has 0 bridgehead atoms. The highest BCUT2D eigenvalue weighted by atomic mass is 127. The number of furan rings is 1. The average Bonchev–Trinajstić information content (AvgIpc) is 3.30. The van der Waals surface area contributed by atoms with Gasteiger partial charge >= 0.3 is 0 Å². The molecule has 170 valence electrons. The van der Waals surface area contributed by atoms with Gasteiger partial charge in [0.1, 0.15) is 5.75 Å². The molecule has 1 aromatic carbocycles. The van der Waals surface area contributed by atoms with Crippen LogP contribution in [0.1, 0.15) is 36.9 Å². The Balaban J connectivity index is 0.00000341. The predicted octanol–water partition coefficient (Wildman–Crippen LogP) is 3.86. The van der Waals surface area contributed by atoms with Crippen molar-refractivity contribution >= 4 is 35.8 Å². The van der Waals surface area contributed by atoms with Gasteiger partial charge in [0.2, 0.25) is 0 Å². The molecule has 2 heterocycles. The molecule has 8 heteroatoms. The van der Waals surface area contributed by atoms with Gasteiger partial charge < -0.3 is 24.3 Å². The number of halogens is 1. The van der Waals surface area contributed by atoms with Crippen LogP contribution in [0.15, 0.2) is 52.1 Å². The van der Waals surface area contributed by atoms with Gasteiger partial charge in [-0.15, -0.1) is 24.0 Å². The van der Waals surface area contributed by atoms with Gasteiger partial charge in [-0.1, -0.05) is 26.0 Å². The summed E-state index contributed by atoms with van der Waals surface area (Å²) in [7, 11) is 0. The van der Waals surface area contributed by atoms with Gasteiger partial charge in [0.05, 0.1) is 19.4 Å². The monoisotopic (exact) mass is 540 g/mol. The highest BCUT2D eigenvalue weighted by molar-refractivity contribution is 14.0. The molecule has 31 heavy (non-hydrogen) atoms. The summed E-state index contributed by atoms with van der Waals surface area (Å²) in [5.41, 5.74) is 1.11. The molecule has 0 radical (unpaired) electrons. The summed E-state index contributed by atoms with van der Waals surface area (Å²) >= 11 is 0. The number of amides is 1. The average molecular weight is 540 g/mol. The smallest absolute Gasteiger partial charge is 0.289 e. The van der Waals surface area contributed by atoms with Gasteiger partial charge in [-0.2, -0.15) is 0 Å². The first-order valence-corrected chi connectivity index (χ1v) is 10.6. The molecule has 1 saturated heterocycles. The van der Waals surface area contributed by atoms with Gasteiger partial charge in [0.15, 0.2) is 11.7 Å². The van der Waals surface area contributed by atoms with E-state index in [4.69, 9.17) is 14.1 Å². The van der Waals surface area contributed by atoms with Crippen LogP contribution in [0, 0.1) is 5.92 Å². The first-order chi connectivity index (χ1) is 14.6. The van der Waals surface area contributed by atoms with E-state index in [-0.39, 0.29) is 29.9 Å². The van der Waals surface area contributed by atoms with E-state index in [2.05, 4.69) is 43.1 Å². The molecule has 1 aliphatic rings. The Morgan fingerprint density at radius 1 is 1.16 bits per heavy atom. The van der Waals surface area contributed by atoms with Crippen LogP contribution in [0.4, 0.5) is 0 Å². The number of carbonyl (C=O) groups excluding carboxylic acids is 1. The number of guanidine groups is 1. The summed E-state index contributed by atoms with van der Waals surface area (Å²) in [5.74, 6) is 2.58. The van der Waals surface area contributed by atoms with Crippen molar-refractivity contribution in [3.05, 3.63) is 54.0 Å². The van der Waals surface area contributed by atoms with Gasteiger partial charge in [-0.25, -0.2) is 4.99 Å². The van der Waals surface area contributed by atoms with Crippen molar-refractivity contribution in [3.8, 4) is 5.75 Å². The Kier molecular flexibility index (Phi) is 10.2. The molecule has 0 aliphatic carbocycles. The van der Waals surface area contributed by atoms with Crippen molar-refractivity contribution in [2.75, 3.05) is 39.3 Å². The van der Waals surface area contributed by atoms with Gasteiger partial charge in [0.25, 0.3) is 5.91 Å². The molecule has 0 atom stereocenters. The van der Waals surface area contributed by atoms with Crippen LogP contribution in [-0.2, 0) is 6.54 Å². The quantitative estimate of drug-likeness (QED) is 0.328. The number of piperazine rings is 1. The lowest BCUT2D eigenvalue weighted by atomic mass is 10.2. The lowest BCUT2D eigenvalue weighted by Crippen LogP contribution is -2.53. The molecule has 1 aliphatic heterocycles. The Morgan fingerprint density at radius 2 is 1.90 bits per heavy atom. The van der Waals surface area contributed by atoms with Crippen LogP contribution in [-0.4, -0.2) is 61.0 Å². The molecule has 1 N–H and O–H groups in total. The number of nitrogens with zero attached hydrogens (tertiary/aromatic N) is 3. The number of carbonyl (C=O) groups is 1. The molecule has 1 aromatic heterocycles. The van der Waals surface area contributed by atoms with Crippen molar-refractivity contribution in [3.63, 3.8) is 0 Å². The number of ether oxygens (including phenoxy) is 1. The lowest BCUT2D eigenvalue weighted by molar-refractivity contribution is 0.0657. The Morgan fingerprint density at radius 3 is 2.55 bits per heavy atom. The van der Waals surface area contributed by atoms with E-state index in [9.17, 15) is 4.79 Å². The third kappa shape index (κ3) is 7.45. The summed E-state index contributed by atoms with van der Waals surface area (Å²) in [6, 6.07) is 11.6. The second-order valence-electron chi connectivity index (χ2n) is 7.78. The van der Waals surface area contributed by atoms with Crippen molar-refractivity contribution in [1.82, 2.24) is 15.1 Å². The maximum absolute atomic E-state index is 12.5. The normalized spacial score (nSPS) is 14.4. The number of hydrogen-bond donors (Lipinski definition) is 1. The number of rotatable bonds is 7. The molecule has 3 rings (SSSR count). The second-order valence-corrected chi connectivity index (χ2v) is 7.78. The second kappa shape index (κ2) is 12.6. The van der Waals surface area contributed by atoms with E-state index < -0.39 is 0 Å². The molecule has 0 unspecified atom stereocenters. The van der Waals surface area contributed by atoms with Crippen molar-refractivity contribution in [2.45, 2.75) is 27.3 Å². The van der Waals surface area contributed by atoms with Crippen LogP contribution >= 0.6 is 24.0 Å². The summed E-state index contributed by atoms with van der Waals surface area (Å²) in [4.78, 5) is 21.3. The fourth-order valence-corrected chi connectivity index (χ4v) is 3.27. The van der Waals surface area contributed by atoms with Crippen LogP contribution in [0.2, 0.25) is 0 Å². The fourth-order valence-electron chi connectivity index (χ4n) is 3.27. The van der Waals surface area contributed by atoms with E-state index >= 15 is 0 Å². The molecule has 1 fully saturated rings. The first-order valence-electron chi connectivity index (χ1n) is 10.6. The fraction of sp³-hybridized carbons (Fsp3) is 0.478. The third-order valence-corrected chi connectivity index (χ3v) is 4.83. The maximum atomic E-state index is 12.5. The van der Waals surface area contributed by atoms with Crippen molar-refractivity contribution in [1.29, 1.82) is 0 Å². The molecule has 2 aromatic rings. The van der Waals surface area contributed by atoms with E-state index in [1.54, 1.807) is 12.1 Å². The van der Waals surface area contributed by atoms with Crippen LogP contribution in [0.25, 0.3) is 0 Å². The van der Waals surface area contributed by atoms with E-state index in [0.29, 0.717) is 37.9 Å². The zero-order chi connectivity index (χ0) is 21.3. The Hall–Kier alpha value is -2.23. The maximum Gasteiger partial charge on any atom is 0.289 e. The molecule has 7 nitrogen and oxygen atoms in total. The van der Waals surface area contributed by atoms with Crippen LogP contribution in [0.5, 0.6) is 5.75 Å². The SMILES string of the molecule is CCNC(=NCc1cccc(OCC(C)C)c1)N1CCN(C(=O)c2ccco2)CC1.I. The summed E-state index contributed by atoms with van der Waals surface area (Å²) in [6.07, 6.45) is 1.53. The van der Waals surface area contributed by atoms with Crippen molar-refractivity contribution < 1.29 is 13.9 Å². The highest BCUT2D eigenvalue weighted by Gasteiger charge is 2.25. The minimum Gasteiger partial charge on any atom is -0.493 e. The van der Waals surface area contributed by atoms with Crippen LogP contribution in [0.3, 0.4) is 0 Å². The topological polar surface area (TPSA) is 70.3 Å². The number of aliphatic imine (C=N–C) groups is 1. The van der Waals surface area contributed by atoms with E-state index in [1.807, 2.05) is 17.0 Å². The minimum absolute atomic E-state index is 0. The van der Waals surface area contributed by atoms with Gasteiger partial charge in [-0.3, -0.25) is 4.79 Å². The summed E-state index contributed by atoms with van der Waals surface area (Å²) in [5, 5.41) is 3.37. The van der Waals surface area contributed by atoms with Gasteiger partial charge in [-0.05, 0) is 42.7 Å².